The smallest absolute Gasteiger partial charge is 0.215 e. The maximum absolute atomic E-state index is 5.27. The Labute approximate surface area is 182 Å². The SMILES string of the molecule is C=CCCP1(NCC=C)=NP(NCC=C)(NCC=C)=NP(NCC=C)(NCC=C)=N1. The Morgan fingerprint density at radius 3 is 1.30 bits per heavy atom. The highest BCUT2D eigenvalue weighted by atomic mass is 31.3. The highest BCUT2D eigenvalue weighted by molar-refractivity contribution is 7.84. The lowest BCUT2D eigenvalue weighted by molar-refractivity contribution is 0.964. The number of hydrogen-bond donors (Lipinski definition) is 5. The number of nitrogens with one attached hydrogen (secondary N) is 5. The van der Waals surface area contributed by atoms with E-state index in [-0.39, 0.29) is 0 Å². The molecule has 0 aromatic heterocycles. The lowest BCUT2D eigenvalue weighted by Crippen LogP contribution is -2.29. The third-order valence-electron chi connectivity index (χ3n) is 3.77. The van der Waals surface area contributed by atoms with Crippen LogP contribution in [-0.2, 0) is 0 Å². The van der Waals surface area contributed by atoms with E-state index in [0.29, 0.717) is 32.7 Å². The summed E-state index contributed by atoms with van der Waals surface area (Å²) in [5.74, 6) is 0. The van der Waals surface area contributed by atoms with Crippen molar-refractivity contribution in [2.24, 2.45) is 13.5 Å². The van der Waals surface area contributed by atoms with E-state index in [0.717, 1.165) is 12.6 Å². The molecule has 11 heteroatoms. The first kappa shape index (κ1) is 27.0. The molecule has 1 heterocycles. The normalized spacial score (nSPS) is 21.2. The topological polar surface area (TPSA) is 97.2 Å². The van der Waals surface area contributed by atoms with Crippen molar-refractivity contribution < 1.29 is 0 Å². The minimum atomic E-state index is -2.54. The fraction of sp³-hybridized carbons (Fsp3) is 0.368. The highest BCUT2D eigenvalue weighted by Gasteiger charge is 2.35. The molecule has 0 aromatic carbocycles. The molecule has 1 aliphatic heterocycles. The number of rotatable bonds is 18. The van der Waals surface area contributed by atoms with Gasteiger partial charge in [-0.15, -0.1) is 39.5 Å². The lowest BCUT2D eigenvalue weighted by atomic mass is 10.5. The zero-order chi connectivity index (χ0) is 22.3. The van der Waals surface area contributed by atoms with Gasteiger partial charge in [0.1, 0.15) is 7.36 Å². The van der Waals surface area contributed by atoms with E-state index in [1.165, 1.54) is 0 Å². The summed E-state index contributed by atoms with van der Waals surface area (Å²) >= 11 is 0. The first-order valence-corrected chi connectivity index (χ1v) is 15.1. The van der Waals surface area contributed by atoms with E-state index in [1.807, 2.05) is 36.5 Å². The number of hydrogen-bond acceptors (Lipinski definition) is 8. The van der Waals surface area contributed by atoms with E-state index in [2.05, 4.69) is 64.9 Å². The van der Waals surface area contributed by atoms with Gasteiger partial charge in [-0.05, 0) is 6.42 Å². The van der Waals surface area contributed by atoms with E-state index in [9.17, 15) is 0 Å². The third-order valence-corrected chi connectivity index (χ3v) is 14.3. The second-order valence-corrected chi connectivity index (χ2v) is 14.3. The van der Waals surface area contributed by atoms with Crippen LogP contribution >= 0.6 is 22.4 Å². The summed E-state index contributed by atoms with van der Waals surface area (Å²) in [6, 6.07) is 0. The zero-order valence-corrected chi connectivity index (χ0v) is 20.5. The van der Waals surface area contributed by atoms with Crippen LogP contribution in [0.5, 0.6) is 0 Å². The zero-order valence-electron chi connectivity index (χ0n) is 17.8. The van der Waals surface area contributed by atoms with Crippen LogP contribution in [0.1, 0.15) is 6.42 Å². The molecule has 0 aliphatic carbocycles. The standard InChI is InChI=1S/C19H37N8P3/c1-7-13-19-28(20-14-8-2)25-29(21-15-9-3,22-16-10-4)27-30(26-28,23-17-11-5)24-18-12-6/h7-12,20-24H,1-6,13-19H2. The summed E-state index contributed by atoms with van der Waals surface area (Å²) in [4.78, 5) is 0. The largest absolute Gasteiger partial charge is 0.262 e. The molecule has 0 radical (unpaired) electrons. The van der Waals surface area contributed by atoms with Crippen molar-refractivity contribution >= 4 is 22.4 Å². The Kier molecular flexibility index (Phi) is 12.7. The number of nitrogens with zero attached hydrogens (tertiary/aromatic N) is 3. The van der Waals surface area contributed by atoms with Gasteiger partial charge in [-0.2, -0.15) is 13.5 Å². The maximum atomic E-state index is 5.27. The molecule has 5 N–H and O–H groups in total. The molecule has 30 heavy (non-hydrogen) atoms. The van der Waals surface area contributed by atoms with Crippen LogP contribution in [0.3, 0.4) is 0 Å². The average molecular weight is 470 g/mol. The molecule has 0 aromatic rings. The molecule has 168 valence electrons. The molecule has 0 spiro atoms. The van der Waals surface area contributed by atoms with E-state index in [1.54, 1.807) is 0 Å². The Morgan fingerprint density at radius 1 is 0.500 bits per heavy atom. The first-order chi connectivity index (χ1) is 14.5. The van der Waals surface area contributed by atoms with Crippen molar-refractivity contribution in [1.29, 1.82) is 0 Å². The monoisotopic (exact) mass is 470 g/mol. The molecule has 0 bridgehead atoms. The van der Waals surface area contributed by atoms with Gasteiger partial charge in [0.25, 0.3) is 0 Å². The molecule has 0 saturated carbocycles. The molecule has 1 aliphatic rings. The van der Waals surface area contributed by atoms with Crippen LogP contribution in [0.25, 0.3) is 0 Å². The quantitative estimate of drug-likeness (QED) is 0.137. The van der Waals surface area contributed by atoms with Gasteiger partial charge < -0.3 is 0 Å². The summed E-state index contributed by atoms with van der Waals surface area (Å²) in [5, 5.41) is 17.6. The van der Waals surface area contributed by atoms with Crippen LogP contribution < -0.4 is 25.4 Å². The van der Waals surface area contributed by atoms with Gasteiger partial charge in [0, 0.05) is 38.9 Å². The van der Waals surface area contributed by atoms with Gasteiger partial charge in [0.2, 0.25) is 15.0 Å². The molecular weight excluding hydrogens is 433 g/mol. The summed E-state index contributed by atoms with van der Waals surface area (Å²) in [7, 11) is -7.43. The van der Waals surface area contributed by atoms with Crippen molar-refractivity contribution in [3.63, 3.8) is 0 Å². The predicted octanol–water partition coefficient (Wildman–Crippen LogP) is 5.38. The van der Waals surface area contributed by atoms with Gasteiger partial charge in [-0.3, -0.25) is 5.09 Å². The van der Waals surface area contributed by atoms with Crippen molar-refractivity contribution in [3.8, 4) is 0 Å². The van der Waals surface area contributed by atoms with Gasteiger partial charge in [-0.25, -0.2) is 20.3 Å². The van der Waals surface area contributed by atoms with E-state index >= 15 is 0 Å². The number of allylic oxidation sites excluding steroid dienone is 1. The molecule has 0 saturated heterocycles. The van der Waals surface area contributed by atoms with Gasteiger partial charge >= 0.3 is 0 Å². The van der Waals surface area contributed by atoms with Crippen LogP contribution in [0.4, 0.5) is 0 Å². The van der Waals surface area contributed by atoms with E-state index in [4.69, 9.17) is 13.5 Å². The second kappa shape index (κ2) is 14.1. The van der Waals surface area contributed by atoms with Crippen LogP contribution in [0, 0.1) is 0 Å². The Bertz CT molecular complexity index is 630. The summed E-state index contributed by atoms with van der Waals surface area (Å²) in [6.07, 6.45) is 12.5. The fourth-order valence-electron chi connectivity index (χ4n) is 2.52. The van der Waals surface area contributed by atoms with Crippen molar-refractivity contribution in [2.75, 3.05) is 38.9 Å². The minimum absolute atomic E-state index is 0.566. The minimum Gasteiger partial charge on any atom is -0.262 e. The molecule has 8 nitrogen and oxygen atoms in total. The van der Waals surface area contributed by atoms with Gasteiger partial charge in [-0.1, -0.05) is 36.5 Å². The summed E-state index contributed by atoms with van der Waals surface area (Å²) < 4.78 is 15.7. The van der Waals surface area contributed by atoms with Gasteiger partial charge in [0.15, 0.2) is 0 Å². The fourth-order valence-corrected chi connectivity index (χ4v) is 15.0. The molecule has 0 fully saturated rings. The van der Waals surface area contributed by atoms with Crippen LogP contribution in [-0.4, -0.2) is 38.9 Å². The second-order valence-electron chi connectivity index (χ2n) is 6.26. The first-order valence-electron chi connectivity index (χ1n) is 9.80. The van der Waals surface area contributed by atoms with Gasteiger partial charge in [0.05, 0.1) is 0 Å². The molecule has 1 atom stereocenters. The lowest BCUT2D eigenvalue weighted by Gasteiger charge is -2.37. The Hall–Kier alpha value is -1.07. The Morgan fingerprint density at radius 2 is 0.900 bits per heavy atom. The van der Waals surface area contributed by atoms with Crippen molar-refractivity contribution in [3.05, 3.63) is 75.9 Å². The molecule has 0 amide bonds. The van der Waals surface area contributed by atoms with Crippen molar-refractivity contribution in [1.82, 2.24) is 25.4 Å². The molecule has 1 rings (SSSR count). The Balaban J connectivity index is 3.83. The summed E-state index contributed by atoms with van der Waals surface area (Å²) in [5.41, 5.74) is 0. The third kappa shape index (κ3) is 8.22. The average Bonchev–Trinajstić information content (AvgIpc) is 2.76. The predicted molar refractivity (Wildman–Crippen MR) is 139 cm³/mol. The van der Waals surface area contributed by atoms with E-state index < -0.39 is 22.4 Å². The molecule has 1 unspecified atom stereocenters. The maximum Gasteiger partial charge on any atom is 0.215 e. The molecular formula is C19H37N8P3. The van der Waals surface area contributed by atoms with Crippen LogP contribution in [0.2, 0.25) is 0 Å². The van der Waals surface area contributed by atoms with Crippen molar-refractivity contribution in [2.45, 2.75) is 6.42 Å². The highest BCUT2D eigenvalue weighted by Crippen LogP contribution is 2.72. The summed E-state index contributed by atoms with van der Waals surface area (Å²) in [6.45, 7) is 26.0. The van der Waals surface area contributed by atoms with Crippen LogP contribution in [0.15, 0.2) is 89.5 Å².